The molecule has 1 fully saturated rings. The van der Waals surface area contributed by atoms with E-state index in [-0.39, 0.29) is 5.82 Å². The van der Waals surface area contributed by atoms with Gasteiger partial charge in [0.2, 0.25) is 0 Å². The SMILES string of the molecule is CCNC(=NCC(C)CN1CCCC1)NCCc1c[nH]c2ccc(F)cc12. The van der Waals surface area contributed by atoms with Crippen LogP contribution in [-0.4, -0.2) is 55.1 Å². The first-order chi connectivity index (χ1) is 13.2. The van der Waals surface area contributed by atoms with Crippen LogP contribution < -0.4 is 10.6 Å². The number of aliphatic imine (C=N–C) groups is 1. The molecule has 1 aromatic heterocycles. The highest BCUT2D eigenvalue weighted by atomic mass is 19.1. The Morgan fingerprint density at radius 2 is 2.11 bits per heavy atom. The average Bonchev–Trinajstić information content (AvgIpc) is 3.29. The largest absolute Gasteiger partial charge is 0.361 e. The van der Waals surface area contributed by atoms with Gasteiger partial charge in [0.25, 0.3) is 0 Å². The van der Waals surface area contributed by atoms with Crippen LogP contribution in [0.5, 0.6) is 0 Å². The molecule has 1 aromatic carbocycles. The number of H-pyrrole nitrogens is 1. The average molecular weight is 374 g/mol. The van der Waals surface area contributed by atoms with Gasteiger partial charge in [-0.15, -0.1) is 0 Å². The number of aromatic amines is 1. The molecule has 0 bridgehead atoms. The number of likely N-dealkylation sites (tertiary alicyclic amines) is 1. The zero-order valence-corrected chi connectivity index (χ0v) is 16.5. The highest BCUT2D eigenvalue weighted by Gasteiger charge is 2.14. The molecular weight excluding hydrogens is 341 g/mol. The summed E-state index contributed by atoms with van der Waals surface area (Å²) in [6.07, 6.45) is 5.45. The fourth-order valence-electron chi connectivity index (χ4n) is 3.73. The number of halogens is 1. The van der Waals surface area contributed by atoms with Crippen LogP contribution in [0.2, 0.25) is 0 Å². The molecule has 148 valence electrons. The van der Waals surface area contributed by atoms with E-state index in [0.717, 1.165) is 55.0 Å². The van der Waals surface area contributed by atoms with Gasteiger partial charge >= 0.3 is 0 Å². The van der Waals surface area contributed by atoms with E-state index in [1.165, 1.54) is 32.0 Å². The molecule has 3 N–H and O–H groups in total. The quantitative estimate of drug-likeness (QED) is 0.492. The maximum absolute atomic E-state index is 13.5. The summed E-state index contributed by atoms with van der Waals surface area (Å²) in [5, 5.41) is 7.68. The predicted molar refractivity (Wildman–Crippen MR) is 111 cm³/mol. The highest BCUT2D eigenvalue weighted by molar-refractivity contribution is 5.83. The molecule has 1 aliphatic rings. The van der Waals surface area contributed by atoms with E-state index in [9.17, 15) is 4.39 Å². The lowest BCUT2D eigenvalue weighted by Crippen LogP contribution is -2.39. The van der Waals surface area contributed by atoms with E-state index >= 15 is 0 Å². The Balaban J connectivity index is 1.50. The minimum absolute atomic E-state index is 0.196. The number of fused-ring (bicyclic) bond motifs is 1. The van der Waals surface area contributed by atoms with Crippen LogP contribution in [0.4, 0.5) is 4.39 Å². The molecule has 1 unspecified atom stereocenters. The third-order valence-electron chi connectivity index (χ3n) is 5.09. The van der Waals surface area contributed by atoms with Crippen LogP contribution in [0, 0.1) is 11.7 Å². The van der Waals surface area contributed by atoms with Crippen molar-refractivity contribution in [2.24, 2.45) is 10.9 Å². The highest BCUT2D eigenvalue weighted by Crippen LogP contribution is 2.19. The maximum Gasteiger partial charge on any atom is 0.191 e. The monoisotopic (exact) mass is 373 g/mol. The molecule has 3 rings (SSSR count). The van der Waals surface area contributed by atoms with Crippen molar-refractivity contribution in [1.29, 1.82) is 0 Å². The van der Waals surface area contributed by atoms with Gasteiger partial charge in [-0.2, -0.15) is 0 Å². The zero-order valence-electron chi connectivity index (χ0n) is 16.5. The zero-order chi connectivity index (χ0) is 19.1. The standard InChI is InChI=1S/C21H32FN5/c1-3-23-21(26-13-16(2)15-27-10-4-5-11-27)24-9-8-17-14-25-20-7-6-18(22)12-19(17)20/h6-7,12,14,16,25H,3-5,8-11,13,15H2,1-2H3,(H2,23,24,26). The maximum atomic E-state index is 13.5. The molecule has 0 amide bonds. The Bertz CT molecular complexity index is 748. The van der Waals surface area contributed by atoms with Gasteiger partial charge in [-0.05, 0) is 69.0 Å². The second-order valence-electron chi connectivity index (χ2n) is 7.51. The summed E-state index contributed by atoms with van der Waals surface area (Å²) < 4.78 is 13.5. The van der Waals surface area contributed by atoms with Crippen LogP contribution in [0.3, 0.4) is 0 Å². The molecular formula is C21H32FN5. The van der Waals surface area contributed by atoms with E-state index in [0.29, 0.717) is 5.92 Å². The fourth-order valence-corrected chi connectivity index (χ4v) is 3.73. The van der Waals surface area contributed by atoms with Crippen LogP contribution in [0.15, 0.2) is 29.4 Å². The molecule has 0 radical (unpaired) electrons. The number of rotatable bonds is 8. The minimum atomic E-state index is -0.196. The molecule has 27 heavy (non-hydrogen) atoms. The van der Waals surface area contributed by atoms with Gasteiger partial charge in [-0.3, -0.25) is 4.99 Å². The summed E-state index contributed by atoms with van der Waals surface area (Å²) in [4.78, 5) is 10.5. The van der Waals surface area contributed by atoms with E-state index in [4.69, 9.17) is 4.99 Å². The molecule has 2 aromatic rings. The first-order valence-corrected chi connectivity index (χ1v) is 10.2. The van der Waals surface area contributed by atoms with Crippen LogP contribution in [0.25, 0.3) is 10.9 Å². The molecule has 0 spiro atoms. The summed E-state index contributed by atoms with van der Waals surface area (Å²) in [5.41, 5.74) is 2.10. The van der Waals surface area contributed by atoms with Crippen LogP contribution >= 0.6 is 0 Å². The topological polar surface area (TPSA) is 55.5 Å². The van der Waals surface area contributed by atoms with Crippen molar-refractivity contribution in [3.05, 3.63) is 35.8 Å². The Hall–Kier alpha value is -2.08. The number of nitrogens with zero attached hydrogens (tertiary/aromatic N) is 2. The van der Waals surface area contributed by atoms with Crippen molar-refractivity contribution in [3.63, 3.8) is 0 Å². The summed E-state index contributed by atoms with van der Waals surface area (Å²) in [6.45, 7) is 10.4. The number of hydrogen-bond acceptors (Lipinski definition) is 2. The summed E-state index contributed by atoms with van der Waals surface area (Å²) in [7, 11) is 0. The molecule has 6 heteroatoms. The van der Waals surface area contributed by atoms with Gasteiger partial charge in [0.1, 0.15) is 5.82 Å². The lowest BCUT2D eigenvalue weighted by atomic mass is 10.1. The number of hydrogen-bond donors (Lipinski definition) is 3. The molecule has 1 saturated heterocycles. The number of guanidine groups is 1. The van der Waals surface area contributed by atoms with Gasteiger partial charge in [0.05, 0.1) is 0 Å². The number of nitrogens with one attached hydrogen (secondary N) is 3. The van der Waals surface area contributed by atoms with Gasteiger partial charge in [-0.1, -0.05) is 6.92 Å². The molecule has 1 atom stereocenters. The third kappa shape index (κ3) is 5.70. The number of benzene rings is 1. The number of aromatic nitrogens is 1. The smallest absolute Gasteiger partial charge is 0.191 e. The van der Waals surface area contributed by atoms with Gasteiger partial charge in [0, 0.05) is 43.3 Å². The molecule has 1 aliphatic heterocycles. The van der Waals surface area contributed by atoms with Gasteiger partial charge in [-0.25, -0.2) is 4.39 Å². The normalized spacial score (nSPS) is 16.8. The van der Waals surface area contributed by atoms with Crippen molar-refractivity contribution in [2.45, 2.75) is 33.1 Å². The van der Waals surface area contributed by atoms with Gasteiger partial charge < -0.3 is 20.5 Å². The second kappa shape index (κ2) is 9.74. The molecule has 0 saturated carbocycles. The van der Waals surface area contributed by atoms with Crippen LogP contribution in [-0.2, 0) is 6.42 Å². The lowest BCUT2D eigenvalue weighted by molar-refractivity contribution is 0.291. The first-order valence-electron chi connectivity index (χ1n) is 10.2. The van der Waals surface area contributed by atoms with Crippen LogP contribution in [0.1, 0.15) is 32.3 Å². The van der Waals surface area contributed by atoms with Gasteiger partial charge in [0.15, 0.2) is 5.96 Å². The van der Waals surface area contributed by atoms with Crippen molar-refractivity contribution >= 4 is 16.9 Å². The Kier molecular flexibility index (Phi) is 7.10. The molecule has 2 heterocycles. The molecule has 5 nitrogen and oxygen atoms in total. The third-order valence-corrected chi connectivity index (χ3v) is 5.09. The Morgan fingerprint density at radius 3 is 2.89 bits per heavy atom. The van der Waals surface area contributed by atoms with Crippen molar-refractivity contribution in [1.82, 2.24) is 20.5 Å². The van der Waals surface area contributed by atoms with Crippen molar-refractivity contribution in [3.8, 4) is 0 Å². The molecule has 0 aliphatic carbocycles. The summed E-state index contributed by atoms with van der Waals surface area (Å²) >= 11 is 0. The Morgan fingerprint density at radius 1 is 1.30 bits per heavy atom. The van der Waals surface area contributed by atoms with E-state index in [2.05, 4.69) is 34.4 Å². The van der Waals surface area contributed by atoms with E-state index in [1.54, 1.807) is 12.1 Å². The fraction of sp³-hybridized carbons (Fsp3) is 0.571. The van der Waals surface area contributed by atoms with Crippen molar-refractivity contribution in [2.75, 3.05) is 39.3 Å². The Labute approximate surface area is 161 Å². The van der Waals surface area contributed by atoms with E-state index < -0.39 is 0 Å². The first kappa shape index (κ1) is 19.7. The second-order valence-corrected chi connectivity index (χ2v) is 7.51. The minimum Gasteiger partial charge on any atom is -0.361 e. The predicted octanol–water partition coefficient (Wildman–Crippen LogP) is 3.14. The van der Waals surface area contributed by atoms with E-state index in [1.807, 2.05) is 6.20 Å². The lowest BCUT2D eigenvalue weighted by Gasteiger charge is -2.19. The van der Waals surface area contributed by atoms with Crippen molar-refractivity contribution < 1.29 is 4.39 Å². The summed E-state index contributed by atoms with van der Waals surface area (Å²) in [5.74, 6) is 1.21. The summed E-state index contributed by atoms with van der Waals surface area (Å²) in [6, 6.07) is 4.87.